The Balaban J connectivity index is 1.83. The SMILES string of the molecule is Cn1ccc2c(-c3cc(N4CCOCC4)nc(N)n3)ccnc21. The Morgan fingerprint density at radius 3 is 2.83 bits per heavy atom. The van der Waals surface area contributed by atoms with Gasteiger partial charge in [0.05, 0.1) is 18.9 Å². The average molecular weight is 310 g/mol. The van der Waals surface area contributed by atoms with Gasteiger partial charge in [0, 0.05) is 49.5 Å². The molecule has 4 heterocycles. The van der Waals surface area contributed by atoms with Crippen LogP contribution in [-0.2, 0) is 11.8 Å². The van der Waals surface area contributed by atoms with E-state index >= 15 is 0 Å². The van der Waals surface area contributed by atoms with Crippen LogP contribution < -0.4 is 10.6 Å². The molecule has 1 saturated heterocycles. The number of aromatic nitrogens is 4. The van der Waals surface area contributed by atoms with Crippen molar-refractivity contribution in [1.82, 2.24) is 19.5 Å². The molecule has 4 rings (SSSR count). The molecule has 7 nitrogen and oxygen atoms in total. The van der Waals surface area contributed by atoms with E-state index < -0.39 is 0 Å². The van der Waals surface area contributed by atoms with Gasteiger partial charge in [-0.15, -0.1) is 0 Å². The molecule has 1 fully saturated rings. The molecular formula is C16H18N6O. The number of morpholine rings is 1. The van der Waals surface area contributed by atoms with Gasteiger partial charge in [0.15, 0.2) is 0 Å². The fourth-order valence-corrected chi connectivity index (χ4v) is 2.93. The van der Waals surface area contributed by atoms with E-state index in [9.17, 15) is 0 Å². The van der Waals surface area contributed by atoms with Gasteiger partial charge in [-0.2, -0.15) is 4.98 Å². The highest BCUT2D eigenvalue weighted by atomic mass is 16.5. The lowest BCUT2D eigenvalue weighted by molar-refractivity contribution is 0.122. The van der Waals surface area contributed by atoms with Gasteiger partial charge in [0.2, 0.25) is 5.95 Å². The van der Waals surface area contributed by atoms with E-state index in [1.54, 1.807) is 6.20 Å². The Morgan fingerprint density at radius 2 is 2.00 bits per heavy atom. The first-order valence-electron chi connectivity index (χ1n) is 7.60. The summed E-state index contributed by atoms with van der Waals surface area (Å²) in [6, 6.07) is 6.00. The van der Waals surface area contributed by atoms with Gasteiger partial charge < -0.3 is 19.9 Å². The Labute approximate surface area is 133 Å². The van der Waals surface area contributed by atoms with Gasteiger partial charge >= 0.3 is 0 Å². The number of pyridine rings is 1. The third kappa shape index (κ3) is 2.49. The van der Waals surface area contributed by atoms with Crippen molar-refractivity contribution in [2.45, 2.75) is 0 Å². The lowest BCUT2D eigenvalue weighted by Crippen LogP contribution is -2.36. The summed E-state index contributed by atoms with van der Waals surface area (Å²) in [5.41, 5.74) is 8.71. The first-order chi connectivity index (χ1) is 11.2. The van der Waals surface area contributed by atoms with E-state index in [0.29, 0.717) is 13.2 Å². The molecule has 0 unspecified atom stereocenters. The number of hydrogen-bond acceptors (Lipinski definition) is 6. The second kappa shape index (κ2) is 5.51. The number of nitrogens with zero attached hydrogens (tertiary/aromatic N) is 5. The van der Waals surface area contributed by atoms with Gasteiger partial charge in [0.25, 0.3) is 0 Å². The first kappa shape index (κ1) is 14.0. The number of ether oxygens (including phenoxy) is 1. The average Bonchev–Trinajstić information content (AvgIpc) is 2.96. The van der Waals surface area contributed by atoms with Crippen LogP contribution >= 0.6 is 0 Å². The fraction of sp³-hybridized carbons (Fsp3) is 0.312. The van der Waals surface area contributed by atoms with Gasteiger partial charge in [-0.25, -0.2) is 9.97 Å². The van der Waals surface area contributed by atoms with Crippen molar-refractivity contribution in [1.29, 1.82) is 0 Å². The summed E-state index contributed by atoms with van der Waals surface area (Å²) >= 11 is 0. The first-order valence-corrected chi connectivity index (χ1v) is 7.60. The van der Waals surface area contributed by atoms with E-state index in [4.69, 9.17) is 10.5 Å². The molecule has 0 aromatic carbocycles. The molecule has 0 saturated carbocycles. The highest BCUT2D eigenvalue weighted by Gasteiger charge is 2.16. The zero-order chi connectivity index (χ0) is 15.8. The topological polar surface area (TPSA) is 82.1 Å². The maximum absolute atomic E-state index is 5.95. The lowest BCUT2D eigenvalue weighted by Gasteiger charge is -2.28. The summed E-state index contributed by atoms with van der Waals surface area (Å²) in [5.74, 6) is 1.13. The fourth-order valence-electron chi connectivity index (χ4n) is 2.93. The number of hydrogen-bond donors (Lipinski definition) is 1. The Kier molecular flexibility index (Phi) is 3.34. The molecule has 0 aliphatic carbocycles. The second-order valence-electron chi connectivity index (χ2n) is 5.59. The van der Waals surface area contributed by atoms with Crippen LogP contribution in [0.25, 0.3) is 22.3 Å². The molecule has 0 atom stereocenters. The van der Waals surface area contributed by atoms with Gasteiger partial charge in [-0.1, -0.05) is 0 Å². The Bertz CT molecular complexity index is 853. The summed E-state index contributed by atoms with van der Waals surface area (Å²) in [6.45, 7) is 3.04. The van der Waals surface area contributed by atoms with E-state index in [1.165, 1.54) is 0 Å². The van der Waals surface area contributed by atoms with E-state index in [1.807, 2.05) is 36.0 Å². The quantitative estimate of drug-likeness (QED) is 0.771. The molecule has 0 bridgehead atoms. The van der Waals surface area contributed by atoms with Gasteiger partial charge in [-0.3, -0.25) is 0 Å². The van der Waals surface area contributed by atoms with E-state index in [2.05, 4.69) is 19.9 Å². The van der Waals surface area contributed by atoms with Crippen molar-refractivity contribution in [2.75, 3.05) is 36.9 Å². The highest BCUT2D eigenvalue weighted by molar-refractivity contribution is 5.92. The number of rotatable bonds is 2. The van der Waals surface area contributed by atoms with Crippen molar-refractivity contribution in [2.24, 2.45) is 7.05 Å². The Morgan fingerprint density at radius 1 is 1.17 bits per heavy atom. The minimum atomic E-state index is 0.282. The summed E-state index contributed by atoms with van der Waals surface area (Å²) in [6.07, 6.45) is 3.79. The molecule has 1 aliphatic heterocycles. The maximum Gasteiger partial charge on any atom is 0.222 e. The summed E-state index contributed by atoms with van der Waals surface area (Å²) in [4.78, 5) is 15.4. The summed E-state index contributed by atoms with van der Waals surface area (Å²) in [5, 5.41) is 1.06. The van der Waals surface area contributed by atoms with Crippen molar-refractivity contribution >= 4 is 22.8 Å². The minimum Gasteiger partial charge on any atom is -0.378 e. The monoisotopic (exact) mass is 310 g/mol. The normalized spacial score (nSPS) is 15.3. The van der Waals surface area contributed by atoms with Crippen LogP contribution in [0, 0.1) is 0 Å². The standard InChI is InChI=1S/C16H18N6O/c1-21-5-3-12-11(2-4-18-15(12)21)13-10-14(20-16(17)19-13)22-6-8-23-9-7-22/h2-5,10H,6-9H2,1H3,(H2,17,19,20). The van der Waals surface area contributed by atoms with Crippen LogP contribution in [0.4, 0.5) is 11.8 Å². The van der Waals surface area contributed by atoms with Crippen LogP contribution in [-0.4, -0.2) is 45.8 Å². The highest BCUT2D eigenvalue weighted by Crippen LogP contribution is 2.29. The second-order valence-corrected chi connectivity index (χ2v) is 5.59. The summed E-state index contributed by atoms with van der Waals surface area (Å²) in [7, 11) is 1.98. The largest absolute Gasteiger partial charge is 0.378 e. The molecule has 3 aromatic heterocycles. The van der Waals surface area contributed by atoms with E-state index in [-0.39, 0.29) is 5.95 Å². The van der Waals surface area contributed by atoms with Crippen LogP contribution in [0.1, 0.15) is 0 Å². The number of anilines is 2. The van der Waals surface area contributed by atoms with Crippen molar-refractivity contribution < 1.29 is 4.74 Å². The number of aryl methyl sites for hydroxylation is 1. The maximum atomic E-state index is 5.95. The summed E-state index contributed by atoms with van der Waals surface area (Å²) < 4.78 is 7.39. The molecule has 3 aromatic rings. The molecule has 23 heavy (non-hydrogen) atoms. The molecule has 0 radical (unpaired) electrons. The molecule has 0 spiro atoms. The van der Waals surface area contributed by atoms with Crippen molar-refractivity contribution in [3.63, 3.8) is 0 Å². The molecule has 1 aliphatic rings. The predicted molar refractivity (Wildman–Crippen MR) is 89.2 cm³/mol. The van der Waals surface area contributed by atoms with Crippen molar-refractivity contribution in [3.05, 3.63) is 30.6 Å². The van der Waals surface area contributed by atoms with Gasteiger partial charge in [-0.05, 0) is 12.1 Å². The molecule has 2 N–H and O–H groups in total. The molecule has 118 valence electrons. The number of fused-ring (bicyclic) bond motifs is 1. The van der Waals surface area contributed by atoms with Crippen LogP contribution in [0.2, 0.25) is 0 Å². The lowest BCUT2D eigenvalue weighted by atomic mass is 10.1. The molecule has 7 heteroatoms. The van der Waals surface area contributed by atoms with Gasteiger partial charge in [0.1, 0.15) is 11.5 Å². The third-order valence-corrected chi connectivity index (χ3v) is 4.11. The van der Waals surface area contributed by atoms with Crippen LogP contribution in [0.3, 0.4) is 0 Å². The molecular weight excluding hydrogens is 292 g/mol. The smallest absolute Gasteiger partial charge is 0.222 e. The zero-order valence-electron chi connectivity index (χ0n) is 12.9. The number of nitrogen functional groups attached to an aromatic ring is 1. The van der Waals surface area contributed by atoms with Crippen molar-refractivity contribution in [3.8, 4) is 11.3 Å². The third-order valence-electron chi connectivity index (χ3n) is 4.11. The minimum absolute atomic E-state index is 0.282. The van der Waals surface area contributed by atoms with Crippen LogP contribution in [0.5, 0.6) is 0 Å². The Hall–Kier alpha value is -2.67. The van der Waals surface area contributed by atoms with E-state index in [0.717, 1.165) is 41.2 Å². The molecule has 0 amide bonds. The zero-order valence-corrected chi connectivity index (χ0v) is 12.9. The number of nitrogens with two attached hydrogens (primary N) is 1. The van der Waals surface area contributed by atoms with Crippen LogP contribution in [0.15, 0.2) is 30.6 Å². The predicted octanol–water partition coefficient (Wildman–Crippen LogP) is 1.45.